The van der Waals surface area contributed by atoms with Crippen molar-refractivity contribution in [3.05, 3.63) is 57.8 Å². The highest BCUT2D eigenvalue weighted by molar-refractivity contribution is 9.10. The molecule has 0 saturated heterocycles. The van der Waals surface area contributed by atoms with Gasteiger partial charge < -0.3 is 14.4 Å². The molecule has 0 radical (unpaired) electrons. The molecule has 8 heteroatoms. The van der Waals surface area contributed by atoms with Gasteiger partial charge in [-0.2, -0.15) is 13.2 Å². The fourth-order valence-electron chi connectivity index (χ4n) is 2.72. The Morgan fingerprint density at radius 3 is 2.48 bits per heavy atom. The van der Waals surface area contributed by atoms with Crippen LogP contribution in [0.3, 0.4) is 0 Å². The maximum atomic E-state index is 13.1. The molecule has 2 aromatic rings. The van der Waals surface area contributed by atoms with Crippen LogP contribution >= 0.6 is 15.9 Å². The normalized spacial score (nSPS) is 11.9. The van der Waals surface area contributed by atoms with Crippen LogP contribution in [0.4, 0.5) is 13.2 Å². The number of carbonyl (C=O) groups excluding carboxylic acids is 1. The number of nitrogens with zero attached hydrogens (tertiary/aromatic N) is 3. The maximum absolute atomic E-state index is 13.1. The Morgan fingerprint density at radius 2 is 1.89 bits per heavy atom. The minimum Gasteiger partial charge on any atom is -0.343 e. The highest BCUT2D eigenvalue weighted by Gasteiger charge is 2.30. The molecule has 1 heterocycles. The molecule has 0 saturated carbocycles. The van der Waals surface area contributed by atoms with Gasteiger partial charge in [0.05, 0.1) is 5.56 Å². The van der Waals surface area contributed by atoms with Gasteiger partial charge in [0, 0.05) is 36.8 Å². The van der Waals surface area contributed by atoms with Gasteiger partial charge in [0.15, 0.2) is 0 Å². The smallest absolute Gasteiger partial charge is 0.343 e. The van der Waals surface area contributed by atoms with E-state index in [9.17, 15) is 18.0 Å². The standard InChI is InChI=1S/C19H23BrF3N3O/c1-4-25-13-16(20)11-17(25)18(27)26(9-8-24(2)3)12-14-6-5-7-15(10-14)19(21,22)23/h5-7,10-11,13H,4,8-9,12H2,1-3H3. The fraction of sp³-hybridized carbons (Fsp3) is 0.421. The van der Waals surface area contributed by atoms with Gasteiger partial charge in [-0.1, -0.05) is 12.1 Å². The Kier molecular flexibility index (Phi) is 7.11. The number of carbonyl (C=O) groups is 1. The van der Waals surface area contributed by atoms with Crippen LogP contribution in [0.15, 0.2) is 41.0 Å². The minimum absolute atomic E-state index is 0.114. The molecule has 1 amide bonds. The maximum Gasteiger partial charge on any atom is 0.416 e. The summed E-state index contributed by atoms with van der Waals surface area (Å²) in [5.41, 5.74) is 0.250. The Hall–Kier alpha value is -1.80. The number of alkyl halides is 3. The third kappa shape index (κ3) is 5.84. The second-order valence-corrected chi connectivity index (χ2v) is 7.47. The molecule has 0 fully saturated rings. The van der Waals surface area contributed by atoms with Crippen LogP contribution in [-0.4, -0.2) is 47.5 Å². The van der Waals surface area contributed by atoms with E-state index in [0.717, 1.165) is 16.6 Å². The topological polar surface area (TPSA) is 28.5 Å². The molecular formula is C19H23BrF3N3O. The first-order chi connectivity index (χ1) is 12.6. The van der Waals surface area contributed by atoms with Gasteiger partial charge >= 0.3 is 6.18 Å². The lowest BCUT2D eigenvalue weighted by molar-refractivity contribution is -0.137. The molecule has 148 valence electrons. The van der Waals surface area contributed by atoms with Crippen LogP contribution in [0, 0.1) is 0 Å². The number of hydrogen-bond acceptors (Lipinski definition) is 2. The molecule has 4 nitrogen and oxygen atoms in total. The van der Waals surface area contributed by atoms with Crippen LogP contribution in [0.2, 0.25) is 0 Å². The number of rotatable bonds is 7. The summed E-state index contributed by atoms with van der Waals surface area (Å²) in [6, 6.07) is 6.86. The zero-order valence-corrected chi connectivity index (χ0v) is 17.1. The summed E-state index contributed by atoms with van der Waals surface area (Å²) in [5.74, 6) is -0.207. The van der Waals surface area contributed by atoms with Crippen molar-refractivity contribution in [1.82, 2.24) is 14.4 Å². The molecule has 1 aromatic heterocycles. The van der Waals surface area contributed by atoms with E-state index in [2.05, 4.69) is 15.9 Å². The van der Waals surface area contributed by atoms with Crippen molar-refractivity contribution in [2.45, 2.75) is 26.2 Å². The number of amides is 1. The summed E-state index contributed by atoms with van der Waals surface area (Å²) in [5, 5.41) is 0. The Labute approximate surface area is 165 Å². The zero-order chi connectivity index (χ0) is 20.2. The minimum atomic E-state index is -4.41. The van der Waals surface area contributed by atoms with E-state index < -0.39 is 11.7 Å². The molecule has 27 heavy (non-hydrogen) atoms. The molecular weight excluding hydrogens is 423 g/mol. The fourth-order valence-corrected chi connectivity index (χ4v) is 3.18. The van der Waals surface area contributed by atoms with E-state index in [1.807, 2.05) is 36.7 Å². The number of likely N-dealkylation sites (N-methyl/N-ethyl adjacent to an activating group) is 1. The molecule has 0 N–H and O–H groups in total. The number of benzene rings is 1. The lowest BCUT2D eigenvalue weighted by Crippen LogP contribution is -2.37. The van der Waals surface area contributed by atoms with E-state index in [-0.39, 0.29) is 12.5 Å². The average Bonchev–Trinajstić information content (AvgIpc) is 2.98. The summed E-state index contributed by atoms with van der Waals surface area (Å²) in [7, 11) is 3.77. The first-order valence-corrected chi connectivity index (χ1v) is 9.37. The van der Waals surface area contributed by atoms with Crippen molar-refractivity contribution in [2.75, 3.05) is 27.2 Å². The summed E-state index contributed by atoms with van der Waals surface area (Å²) in [6.45, 7) is 3.69. The summed E-state index contributed by atoms with van der Waals surface area (Å²) in [6.07, 6.45) is -2.59. The van der Waals surface area contributed by atoms with Crippen molar-refractivity contribution in [1.29, 1.82) is 0 Å². The van der Waals surface area contributed by atoms with E-state index >= 15 is 0 Å². The van der Waals surface area contributed by atoms with E-state index in [0.29, 0.717) is 30.9 Å². The second kappa shape index (κ2) is 8.93. The summed E-state index contributed by atoms with van der Waals surface area (Å²) < 4.78 is 41.6. The van der Waals surface area contributed by atoms with E-state index in [1.165, 1.54) is 6.07 Å². The molecule has 0 spiro atoms. The molecule has 1 aromatic carbocycles. The third-order valence-corrected chi connectivity index (χ3v) is 4.59. The van der Waals surface area contributed by atoms with Gasteiger partial charge in [0.1, 0.15) is 5.69 Å². The SMILES string of the molecule is CCn1cc(Br)cc1C(=O)N(CCN(C)C)Cc1cccc(C(F)(F)F)c1. The predicted molar refractivity (Wildman–Crippen MR) is 103 cm³/mol. The van der Waals surface area contributed by atoms with Crippen LogP contribution in [-0.2, 0) is 19.3 Å². The first-order valence-electron chi connectivity index (χ1n) is 8.57. The van der Waals surface area contributed by atoms with Gasteiger partial charge in [-0.05, 0) is 60.7 Å². The molecule has 2 rings (SSSR count). The second-order valence-electron chi connectivity index (χ2n) is 6.56. The zero-order valence-electron chi connectivity index (χ0n) is 15.6. The summed E-state index contributed by atoms with van der Waals surface area (Å²) >= 11 is 3.38. The van der Waals surface area contributed by atoms with Crippen LogP contribution in [0.1, 0.15) is 28.5 Å². The van der Waals surface area contributed by atoms with Crippen molar-refractivity contribution >= 4 is 21.8 Å². The molecule has 0 unspecified atom stereocenters. The Bertz CT molecular complexity index is 787. The van der Waals surface area contributed by atoms with Gasteiger partial charge in [0.25, 0.3) is 5.91 Å². The van der Waals surface area contributed by atoms with Gasteiger partial charge in [0.2, 0.25) is 0 Å². The lowest BCUT2D eigenvalue weighted by Gasteiger charge is -2.25. The van der Waals surface area contributed by atoms with Crippen LogP contribution in [0.25, 0.3) is 0 Å². The third-order valence-electron chi connectivity index (χ3n) is 4.16. The lowest BCUT2D eigenvalue weighted by atomic mass is 10.1. The van der Waals surface area contributed by atoms with Crippen molar-refractivity contribution in [3.8, 4) is 0 Å². The Morgan fingerprint density at radius 1 is 1.19 bits per heavy atom. The van der Waals surface area contributed by atoms with E-state index in [1.54, 1.807) is 17.0 Å². The first kappa shape index (κ1) is 21.5. The van der Waals surface area contributed by atoms with Crippen LogP contribution < -0.4 is 0 Å². The van der Waals surface area contributed by atoms with Gasteiger partial charge in [-0.15, -0.1) is 0 Å². The molecule has 0 aliphatic carbocycles. The average molecular weight is 446 g/mol. The van der Waals surface area contributed by atoms with Crippen LogP contribution in [0.5, 0.6) is 0 Å². The summed E-state index contributed by atoms with van der Waals surface area (Å²) in [4.78, 5) is 16.6. The predicted octanol–water partition coefficient (Wildman–Crippen LogP) is 4.49. The number of halogens is 4. The number of hydrogen-bond donors (Lipinski definition) is 0. The van der Waals surface area contributed by atoms with Crippen molar-refractivity contribution in [2.24, 2.45) is 0 Å². The quantitative estimate of drug-likeness (QED) is 0.627. The molecule has 0 bridgehead atoms. The highest BCUT2D eigenvalue weighted by atomic mass is 79.9. The van der Waals surface area contributed by atoms with Gasteiger partial charge in [-0.25, -0.2) is 0 Å². The molecule has 0 aliphatic heterocycles. The number of aryl methyl sites for hydroxylation is 1. The van der Waals surface area contributed by atoms with Gasteiger partial charge in [-0.3, -0.25) is 4.79 Å². The largest absolute Gasteiger partial charge is 0.416 e. The monoisotopic (exact) mass is 445 g/mol. The van der Waals surface area contributed by atoms with Crippen molar-refractivity contribution < 1.29 is 18.0 Å². The molecule has 0 atom stereocenters. The van der Waals surface area contributed by atoms with E-state index in [4.69, 9.17) is 0 Å². The Balaban J connectivity index is 2.30. The molecule has 0 aliphatic rings. The number of aromatic nitrogens is 1. The van der Waals surface area contributed by atoms with Crippen molar-refractivity contribution in [3.63, 3.8) is 0 Å². The highest BCUT2D eigenvalue weighted by Crippen LogP contribution is 2.30.